The van der Waals surface area contributed by atoms with Gasteiger partial charge in [-0.05, 0) is 19.3 Å². The van der Waals surface area contributed by atoms with Gasteiger partial charge >= 0.3 is 0 Å². The third-order valence-electron chi connectivity index (χ3n) is 2.00. The van der Waals surface area contributed by atoms with Crippen LogP contribution >= 0.6 is 0 Å². The van der Waals surface area contributed by atoms with Gasteiger partial charge in [-0.3, -0.25) is 9.59 Å². The highest BCUT2D eigenvalue weighted by atomic mass is 16.2. The summed E-state index contributed by atoms with van der Waals surface area (Å²) in [7, 11) is 0. The zero-order valence-electron chi connectivity index (χ0n) is 8.89. The number of rotatable bonds is 5. The Kier molecular flexibility index (Phi) is 5.35. The summed E-state index contributed by atoms with van der Waals surface area (Å²) in [5.41, 5.74) is 0. The predicted octanol–water partition coefficient (Wildman–Crippen LogP) is 1.52. The largest absolute Gasteiger partial charge is 0.353 e. The van der Waals surface area contributed by atoms with E-state index in [0.717, 1.165) is 6.42 Å². The molecule has 1 amide bonds. The van der Waals surface area contributed by atoms with Crippen molar-refractivity contribution in [1.82, 2.24) is 5.32 Å². The third-order valence-corrected chi connectivity index (χ3v) is 2.00. The normalized spacial score (nSPS) is 12.7. The quantitative estimate of drug-likeness (QED) is 0.660. The van der Waals surface area contributed by atoms with Gasteiger partial charge in [0.05, 0.1) is 6.42 Å². The first-order valence-electron chi connectivity index (χ1n) is 4.76. The number of hydrogen-bond donors (Lipinski definition) is 1. The Labute approximate surface area is 79.9 Å². The Morgan fingerprint density at radius 2 is 1.85 bits per heavy atom. The van der Waals surface area contributed by atoms with Crippen LogP contribution < -0.4 is 5.32 Å². The minimum absolute atomic E-state index is 0.00319. The molecule has 0 aliphatic rings. The monoisotopic (exact) mass is 185 g/mol. The maximum atomic E-state index is 11.2. The van der Waals surface area contributed by atoms with Crippen LogP contribution in [0.3, 0.4) is 0 Å². The fourth-order valence-electron chi connectivity index (χ4n) is 1.22. The van der Waals surface area contributed by atoms with Crippen LogP contribution in [0.25, 0.3) is 0 Å². The molecule has 0 aliphatic carbocycles. The summed E-state index contributed by atoms with van der Waals surface area (Å²) in [6.45, 7) is 7.57. The van der Waals surface area contributed by atoms with Crippen molar-refractivity contribution >= 4 is 11.7 Å². The molecule has 0 rings (SSSR count). The highest BCUT2D eigenvalue weighted by Gasteiger charge is 2.14. The molecule has 76 valence electrons. The molecule has 0 heterocycles. The molecule has 0 fully saturated rings. The lowest BCUT2D eigenvalue weighted by atomic mass is 10.0. The van der Waals surface area contributed by atoms with E-state index < -0.39 is 0 Å². The Bertz CT molecular complexity index is 187. The van der Waals surface area contributed by atoms with Gasteiger partial charge < -0.3 is 5.32 Å². The lowest BCUT2D eigenvalue weighted by molar-refractivity contribution is -0.127. The van der Waals surface area contributed by atoms with Crippen LogP contribution in [0, 0.1) is 5.92 Å². The molecular weight excluding hydrogens is 166 g/mol. The number of hydrogen-bond acceptors (Lipinski definition) is 2. The third kappa shape index (κ3) is 5.39. The maximum Gasteiger partial charge on any atom is 0.227 e. The van der Waals surface area contributed by atoms with Gasteiger partial charge in [0, 0.05) is 6.04 Å². The SMILES string of the molecule is CCC(NC(=O)CC(C)=O)C(C)C. The van der Waals surface area contributed by atoms with E-state index in [0.29, 0.717) is 5.92 Å². The second kappa shape index (κ2) is 5.73. The molecule has 0 aromatic heterocycles. The molecule has 13 heavy (non-hydrogen) atoms. The fourth-order valence-corrected chi connectivity index (χ4v) is 1.22. The first-order valence-corrected chi connectivity index (χ1v) is 4.76. The van der Waals surface area contributed by atoms with Gasteiger partial charge in [0.15, 0.2) is 0 Å². The van der Waals surface area contributed by atoms with Crippen molar-refractivity contribution in [1.29, 1.82) is 0 Å². The molecule has 3 nitrogen and oxygen atoms in total. The number of nitrogens with one attached hydrogen (secondary N) is 1. The second-order valence-electron chi connectivity index (χ2n) is 3.71. The number of carbonyl (C=O) groups excluding carboxylic acids is 2. The smallest absolute Gasteiger partial charge is 0.227 e. The molecule has 0 spiro atoms. The van der Waals surface area contributed by atoms with E-state index in [-0.39, 0.29) is 24.2 Å². The van der Waals surface area contributed by atoms with Crippen LogP contribution in [0.2, 0.25) is 0 Å². The van der Waals surface area contributed by atoms with E-state index in [1.165, 1.54) is 6.92 Å². The fraction of sp³-hybridized carbons (Fsp3) is 0.800. The summed E-state index contributed by atoms with van der Waals surface area (Å²) in [5, 5.41) is 2.84. The van der Waals surface area contributed by atoms with Gasteiger partial charge in [0.2, 0.25) is 5.91 Å². The molecule has 0 saturated carbocycles. The van der Waals surface area contributed by atoms with E-state index in [4.69, 9.17) is 0 Å². The Hall–Kier alpha value is -0.860. The van der Waals surface area contributed by atoms with E-state index >= 15 is 0 Å². The van der Waals surface area contributed by atoms with Crippen LogP contribution in [0.1, 0.15) is 40.5 Å². The van der Waals surface area contributed by atoms with Crippen molar-refractivity contribution in [2.24, 2.45) is 5.92 Å². The van der Waals surface area contributed by atoms with Gasteiger partial charge in [-0.25, -0.2) is 0 Å². The van der Waals surface area contributed by atoms with Gasteiger partial charge in [0.25, 0.3) is 0 Å². The van der Waals surface area contributed by atoms with Crippen molar-refractivity contribution in [3.8, 4) is 0 Å². The lowest BCUT2D eigenvalue weighted by Gasteiger charge is -2.20. The van der Waals surface area contributed by atoms with E-state index in [2.05, 4.69) is 19.2 Å². The molecule has 0 aliphatic heterocycles. The maximum absolute atomic E-state index is 11.2. The molecule has 0 saturated heterocycles. The highest BCUT2D eigenvalue weighted by molar-refractivity contribution is 5.96. The first kappa shape index (κ1) is 12.1. The average Bonchev–Trinajstić information content (AvgIpc) is 1.98. The zero-order valence-corrected chi connectivity index (χ0v) is 8.89. The van der Waals surface area contributed by atoms with Gasteiger partial charge in [-0.2, -0.15) is 0 Å². The average molecular weight is 185 g/mol. The highest BCUT2D eigenvalue weighted by Crippen LogP contribution is 2.05. The number of amides is 1. The van der Waals surface area contributed by atoms with E-state index in [1.54, 1.807) is 0 Å². The van der Waals surface area contributed by atoms with Crippen LogP contribution in [-0.4, -0.2) is 17.7 Å². The molecule has 0 aromatic rings. The first-order chi connectivity index (χ1) is 5.97. The van der Waals surface area contributed by atoms with E-state index in [1.807, 2.05) is 6.92 Å². The van der Waals surface area contributed by atoms with Crippen LogP contribution in [0.5, 0.6) is 0 Å². The summed E-state index contributed by atoms with van der Waals surface area (Å²) >= 11 is 0. The lowest BCUT2D eigenvalue weighted by Crippen LogP contribution is -2.38. The molecule has 1 atom stereocenters. The van der Waals surface area contributed by atoms with Crippen LogP contribution in [-0.2, 0) is 9.59 Å². The Morgan fingerprint density at radius 1 is 1.31 bits per heavy atom. The predicted molar refractivity (Wildman–Crippen MR) is 52.4 cm³/mol. The van der Waals surface area contributed by atoms with Crippen LogP contribution in [0.4, 0.5) is 0 Å². The van der Waals surface area contributed by atoms with Crippen molar-refractivity contribution in [3.63, 3.8) is 0 Å². The second-order valence-corrected chi connectivity index (χ2v) is 3.71. The van der Waals surface area contributed by atoms with Gasteiger partial charge in [-0.15, -0.1) is 0 Å². The molecule has 1 unspecified atom stereocenters. The summed E-state index contributed by atoms with van der Waals surface area (Å²) < 4.78 is 0. The Morgan fingerprint density at radius 3 is 2.15 bits per heavy atom. The molecule has 0 radical (unpaired) electrons. The van der Waals surface area contributed by atoms with Crippen molar-refractivity contribution < 1.29 is 9.59 Å². The van der Waals surface area contributed by atoms with Crippen molar-refractivity contribution in [3.05, 3.63) is 0 Å². The zero-order chi connectivity index (χ0) is 10.4. The number of Topliss-reactive ketones (excluding diaryl/α,β-unsaturated/α-hetero) is 1. The van der Waals surface area contributed by atoms with E-state index in [9.17, 15) is 9.59 Å². The topological polar surface area (TPSA) is 46.2 Å². The Balaban J connectivity index is 3.94. The van der Waals surface area contributed by atoms with Gasteiger partial charge in [-0.1, -0.05) is 20.8 Å². The standard InChI is InChI=1S/C10H19NO2/c1-5-9(7(2)3)11-10(13)6-8(4)12/h7,9H,5-6H2,1-4H3,(H,11,13). The molecule has 3 heteroatoms. The summed E-state index contributed by atoms with van der Waals surface area (Å²) in [6.07, 6.45) is 0.907. The van der Waals surface area contributed by atoms with Gasteiger partial charge in [0.1, 0.15) is 5.78 Å². The summed E-state index contributed by atoms with van der Waals surface area (Å²) in [5.74, 6) is 0.171. The minimum Gasteiger partial charge on any atom is -0.353 e. The molecule has 0 aromatic carbocycles. The van der Waals surface area contributed by atoms with Crippen molar-refractivity contribution in [2.75, 3.05) is 0 Å². The summed E-state index contributed by atoms with van der Waals surface area (Å²) in [6, 6.07) is 0.187. The minimum atomic E-state index is -0.159. The van der Waals surface area contributed by atoms with Crippen LogP contribution in [0.15, 0.2) is 0 Å². The molecule has 0 bridgehead atoms. The van der Waals surface area contributed by atoms with Crippen molar-refractivity contribution in [2.45, 2.75) is 46.6 Å². The number of carbonyl (C=O) groups is 2. The molecular formula is C10H19NO2. The summed E-state index contributed by atoms with van der Waals surface area (Å²) in [4.78, 5) is 21.8. The molecule has 1 N–H and O–H groups in total. The number of ketones is 1.